The summed E-state index contributed by atoms with van der Waals surface area (Å²) in [4.78, 5) is 37.2. The molecule has 1 atom stereocenters. The number of nitrogens with one attached hydrogen (secondary N) is 1. The molecule has 0 aromatic heterocycles. The number of rotatable bonds is 7. The van der Waals surface area contributed by atoms with E-state index in [2.05, 4.69) is 5.32 Å². The van der Waals surface area contributed by atoms with E-state index in [1.165, 1.54) is 0 Å². The Morgan fingerprint density at radius 1 is 1.32 bits per heavy atom. The third-order valence-corrected chi connectivity index (χ3v) is 4.08. The summed E-state index contributed by atoms with van der Waals surface area (Å²) in [7, 11) is 1.16. The SMILES string of the molecule is CCOC(=O)C(Cc1ccc(N2CCCNC2=O)cc1)(OC)C(=O)O. The number of hydrogen-bond acceptors (Lipinski definition) is 5. The van der Waals surface area contributed by atoms with Crippen molar-refractivity contribution in [3.05, 3.63) is 29.8 Å². The quantitative estimate of drug-likeness (QED) is 0.565. The van der Waals surface area contributed by atoms with E-state index in [1.807, 2.05) is 0 Å². The average molecular weight is 350 g/mol. The lowest BCUT2D eigenvalue weighted by molar-refractivity contribution is -0.183. The molecule has 2 N–H and O–H groups in total. The van der Waals surface area contributed by atoms with Crippen LogP contribution in [-0.2, 0) is 25.5 Å². The van der Waals surface area contributed by atoms with Gasteiger partial charge in [-0.3, -0.25) is 4.90 Å². The van der Waals surface area contributed by atoms with Gasteiger partial charge in [0.1, 0.15) is 0 Å². The Kier molecular flexibility index (Phi) is 5.97. The number of urea groups is 1. The topological polar surface area (TPSA) is 105 Å². The van der Waals surface area contributed by atoms with Crippen molar-refractivity contribution in [2.24, 2.45) is 0 Å². The smallest absolute Gasteiger partial charge is 0.350 e. The van der Waals surface area contributed by atoms with Gasteiger partial charge in [0.25, 0.3) is 5.60 Å². The monoisotopic (exact) mass is 350 g/mol. The summed E-state index contributed by atoms with van der Waals surface area (Å²) in [6.45, 7) is 2.92. The number of ether oxygens (including phenoxy) is 2. The van der Waals surface area contributed by atoms with Crippen molar-refractivity contribution in [1.82, 2.24) is 5.32 Å². The Labute approximate surface area is 145 Å². The molecule has 136 valence electrons. The van der Waals surface area contributed by atoms with Gasteiger partial charge in [0, 0.05) is 32.3 Å². The molecule has 0 aliphatic carbocycles. The normalized spacial score (nSPS) is 16.7. The summed E-state index contributed by atoms with van der Waals surface area (Å²) in [6, 6.07) is 6.61. The summed E-state index contributed by atoms with van der Waals surface area (Å²) >= 11 is 0. The van der Waals surface area contributed by atoms with E-state index in [0.717, 1.165) is 13.5 Å². The number of aliphatic carboxylic acids is 1. The van der Waals surface area contributed by atoms with Crippen molar-refractivity contribution in [2.45, 2.75) is 25.4 Å². The Morgan fingerprint density at radius 3 is 2.52 bits per heavy atom. The number of carboxylic acids is 1. The minimum absolute atomic E-state index is 0.0558. The van der Waals surface area contributed by atoms with Crippen LogP contribution in [0.25, 0.3) is 0 Å². The maximum absolute atomic E-state index is 12.1. The number of benzene rings is 1. The van der Waals surface area contributed by atoms with Crippen LogP contribution in [0.15, 0.2) is 24.3 Å². The Morgan fingerprint density at radius 2 is 2.00 bits per heavy atom. The lowest BCUT2D eigenvalue weighted by Gasteiger charge is -2.28. The maximum Gasteiger partial charge on any atom is 0.350 e. The number of methoxy groups -OCH3 is 1. The molecule has 1 unspecified atom stereocenters. The first kappa shape index (κ1) is 18.7. The van der Waals surface area contributed by atoms with Crippen LogP contribution < -0.4 is 10.2 Å². The highest BCUT2D eigenvalue weighted by molar-refractivity contribution is 6.03. The average Bonchev–Trinajstić information content (AvgIpc) is 2.60. The number of anilines is 1. The lowest BCUT2D eigenvalue weighted by atomic mass is 9.94. The molecule has 8 heteroatoms. The molecule has 1 aliphatic rings. The van der Waals surface area contributed by atoms with Crippen LogP contribution in [0.5, 0.6) is 0 Å². The largest absolute Gasteiger partial charge is 0.479 e. The number of nitrogens with zero attached hydrogens (tertiary/aromatic N) is 1. The van der Waals surface area contributed by atoms with E-state index < -0.39 is 17.5 Å². The van der Waals surface area contributed by atoms with Crippen molar-refractivity contribution in [3.63, 3.8) is 0 Å². The Bertz CT molecular complexity index is 645. The molecule has 0 radical (unpaired) electrons. The van der Waals surface area contributed by atoms with E-state index in [1.54, 1.807) is 36.1 Å². The highest BCUT2D eigenvalue weighted by Gasteiger charge is 2.48. The molecule has 2 amide bonds. The third kappa shape index (κ3) is 3.90. The molecule has 1 saturated heterocycles. The minimum atomic E-state index is -2.10. The molecule has 0 saturated carbocycles. The van der Waals surface area contributed by atoms with Gasteiger partial charge in [0.05, 0.1) is 6.61 Å². The van der Waals surface area contributed by atoms with Crippen molar-refractivity contribution in [1.29, 1.82) is 0 Å². The first-order valence-electron chi connectivity index (χ1n) is 8.04. The predicted octanol–water partition coefficient (Wildman–Crippen LogP) is 1.18. The summed E-state index contributed by atoms with van der Waals surface area (Å²) in [5.74, 6) is -2.35. The second kappa shape index (κ2) is 7.98. The van der Waals surface area contributed by atoms with E-state index in [-0.39, 0.29) is 19.1 Å². The first-order chi connectivity index (χ1) is 11.9. The van der Waals surface area contributed by atoms with Crippen LogP contribution in [0.2, 0.25) is 0 Å². The van der Waals surface area contributed by atoms with Gasteiger partial charge in [-0.2, -0.15) is 0 Å². The molecule has 1 aliphatic heterocycles. The molecule has 25 heavy (non-hydrogen) atoms. The van der Waals surface area contributed by atoms with Crippen LogP contribution >= 0.6 is 0 Å². The molecule has 2 rings (SSSR count). The van der Waals surface area contributed by atoms with Gasteiger partial charge in [0.15, 0.2) is 0 Å². The molecule has 1 aromatic rings. The molecule has 8 nitrogen and oxygen atoms in total. The van der Waals surface area contributed by atoms with Gasteiger partial charge in [-0.25, -0.2) is 14.4 Å². The fourth-order valence-corrected chi connectivity index (χ4v) is 2.68. The lowest BCUT2D eigenvalue weighted by Crippen LogP contribution is -2.51. The summed E-state index contributed by atoms with van der Waals surface area (Å²) in [5, 5.41) is 12.3. The van der Waals surface area contributed by atoms with E-state index >= 15 is 0 Å². The zero-order chi connectivity index (χ0) is 18.4. The van der Waals surface area contributed by atoms with Crippen molar-refractivity contribution in [3.8, 4) is 0 Å². The number of carboxylic acid groups (broad SMARTS) is 1. The highest BCUT2D eigenvalue weighted by atomic mass is 16.6. The van der Waals surface area contributed by atoms with E-state index in [9.17, 15) is 19.5 Å². The van der Waals surface area contributed by atoms with Crippen LogP contribution in [0.4, 0.5) is 10.5 Å². The standard InChI is InChI=1S/C17H22N2O6/c1-3-25-15(22)17(24-2,14(20)21)11-12-5-7-13(8-6-12)19-10-4-9-18-16(19)23/h5-8H,3-4,9-11H2,1-2H3,(H,18,23)(H,20,21). The Balaban J connectivity index is 2.21. The summed E-state index contributed by atoms with van der Waals surface area (Å²) in [5.41, 5.74) is -0.811. The van der Waals surface area contributed by atoms with Gasteiger partial charge >= 0.3 is 18.0 Å². The Hall–Kier alpha value is -2.61. The number of esters is 1. The van der Waals surface area contributed by atoms with E-state index in [4.69, 9.17) is 9.47 Å². The summed E-state index contributed by atoms with van der Waals surface area (Å²) in [6.07, 6.45) is 0.673. The predicted molar refractivity (Wildman–Crippen MR) is 89.5 cm³/mol. The van der Waals surface area contributed by atoms with Crippen molar-refractivity contribution in [2.75, 3.05) is 31.7 Å². The van der Waals surface area contributed by atoms with Gasteiger partial charge in [-0.1, -0.05) is 12.1 Å². The second-order valence-electron chi connectivity index (χ2n) is 5.64. The van der Waals surface area contributed by atoms with E-state index in [0.29, 0.717) is 24.3 Å². The van der Waals surface area contributed by atoms with Crippen LogP contribution in [-0.4, -0.2) is 55.5 Å². The molecule has 0 bridgehead atoms. The zero-order valence-electron chi connectivity index (χ0n) is 14.3. The van der Waals surface area contributed by atoms with Gasteiger partial charge in [0.2, 0.25) is 0 Å². The van der Waals surface area contributed by atoms with Gasteiger partial charge in [-0.05, 0) is 31.0 Å². The van der Waals surface area contributed by atoms with Gasteiger partial charge < -0.3 is 19.9 Å². The fraction of sp³-hybridized carbons (Fsp3) is 0.471. The maximum atomic E-state index is 12.1. The van der Waals surface area contributed by atoms with Crippen LogP contribution in [0.3, 0.4) is 0 Å². The molecule has 1 fully saturated rings. The second-order valence-corrected chi connectivity index (χ2v) is 5.64. The summed E-state index contributed by atoms with van der Waals surface area (Å²) < 4.78 is 9.89. The first-order valence-corrected chi connectivity index (χ1v) is 8.04. The highest BCUT2D eigenvalue weighted by Crippen LogP contribution is 2.23. The van der Waals surface area contributed by atoms with Crippen LogP contribution in [0, 0.1) is 0 Å². The number of amides is 2. The molecule has 1 heterocycles. The number of hydrogen-bond donors (Lipinski definition) is 2. The molecule has 0 spiro atoms. The minimum Gasteiger partial charge on any atom is -0.479 e. The number of carbonyl (C=O) groups is 3. The zero-order valence-corrected chi connectivity index (χ0v) is 14.3. The van der Waals surface area contributed by atoms with Crippen molar-refractivity contribution >= 4 is 23.7 Å². The van der Waals surface area contributed by atoms with Crippen LogP contribution in [0.1, 0.15) is 18.9 Å². The van der Waals surface area contributed by atoms with Crippen molar-refractivity contribution < 1.29 is 29.0 Å². The molecular weight excluding hydrogens is 328 g/mol. The molecular formula is C17H22N2O6. The third-order valence-electron chi connectivity index (χ3n) is 4.08. The van der Waals surface area contributed by atoms with Gasteiger partial charge in [-0.15, -0.1) is 0 Å². The number of carbonyl (C=O) groups excluding carboxylic acids is 2. The fourth-order valence-electron chi connectivity index (χ4n) is 2.68. The molecule has 1 aromatic carbocycles.